The fourth-order valence-electron chi connectivity index (χ4n) is 2.46. The van der Waals surface area contributed by atoms with E-state index in [2.05, 4.69) is 10.2 Å². The van der Waals surface area contributed by atoms with Gasteiger partial charge < -0.3 is 9.32 Å². The third-order valence-corrected chi connectivity index (χ3v) is 4.96. The van der Waals surface area contributed by atoms with Gasteiger partial charge in [-0.2, -0.15) is 0 Å². The summed E-state index contributed by atoms with van der Waals surface area (Å²) in [5, 5.41) is 8.74. The van der Waals surface area contributed by atoms with Crippen LogP contribution in [0.4, 0.5) is 4.39 Å². The Morgan fingerprint density at radius 1 is 1.22 bits per heavy atom. The van der Waals surface area contributed by atoms with Gasteiger partial charge in [0.05, 0.1) is 16.3 Å². The van der Waals surface area contributed by atoms with Crippen LogP contribution >= 0.6 is 23.4 Å². The van der Waals surface area contributed by atoms with Gasteiger partial charge in [0.25, 0.3) is 5.22 Å². The second kappa shape index (κ2) is 9.01. The maximum Gasteiger partial charge on any atom is 0.277 e. The summed E-state index contributed by atoms with van der Waals surface area (Å²) in [7, 11) is 0. The highest BCUT2D eigenvalue weighted by molar-refractivity contribution is 7.99. The van der Waals surface area contributed by atoms with Gasteiger partial charge in [0.1, 0.15) is 5.82 Å². The summed E-state index contributed by atoms with van der Waals surface area (Å²) in [6.45, 7) is 2.75. The predicted octanol–water partition coefficient (Wildman–Crippen LogP) is 4.67. The van der Waals surface area contributed by atoms with Crippen molar-refractivity contribution in [3.05, 3.63) is 64.9 Å². The zero-order chi connectivity index (χ0) is 19.2. The quantitative estimate of drug-likeness (QED) is 0.534. The van der Waals surface area contributed by atoms with Crippen molar-refractivity contribution in [2.75, 3.05) is 12.3 Å². The predicted molar refractivity (Wildman–Crippen MR) is 103 cm³/mol. The molecule has 1 heterocycles. The van der Waals surface area contributed by atoms with Crippen LogP contribution in [0, 0.1) is 5.82 Å². The first-order valence-corrected chi connectivity index (χ1v) is 9.66. The molecule has 0 unspecified atom stereocenters. The van der Waals surface area contributed by atoms with Crippen molar-refractivity contribution >= 4 is 29.3 Å². The van der Waals surface area contributed by atoms with Crippen molar-refractivity contribution in [1.82, 2.24) is 15.1 Å². The van der Waals surface area contributed by atoms with E-state index < -0.39 is 0 Å². The van der Waals surface area contributed by atoms with Crippen LogP contribution in [0.15, 0.2) is 58.2 Å². The molecule has 27 heavy (non-hydrogen) atoms. The number of carbonyl (C=O) groups excluding carboxylic acids is 1. The number of thioether (sulfide) groups is 1. The van der Waals surface area contributed by atoms with Crippen molar-refractivity contribution in [3.8, 4) is 11.5 Å². The van der Waals surface area contributed by atoms with E-state index >= 15 is 0 Å². The minimum absolute atomic E-state index is 0.0933. The number of benzene rings is 2. The molecule has 0 N–H and O–H groups in total. The molecule has 0 saturated heterocycles. The topological polar surface area (TPSA) is 59.2 Å². The van der Waals surface area contributed by atoms with Gasteiger partial charge in [-0.25, -0.2) is 4.39 Å². The SMILES string of the molecule is CCN(Cc1cccc(F)c1)C(=O)CSc1nnc(-c2ccccc2Cl)o1. The third kappa shape index (κ3) is 5.08. The lowest BCUT2D eigenvalue weighted by molar-refractivity contribution is -0.128. The number of amides is 1. The summed E-state index contributed by atoms with van der Waals surface area (Å²) in [5.74, 6) is 0.0445. The van der Waals surface area contributed by atoms with Crippen LogP contribution < -0.4 is 0 Å². The minimum Gasteiger partial charge on any atom is -0.411 e. The van der Waals surface area contributed by atoms with E-state index in [1.807, 2.05) is 19.1 Å². The Bertz CT molecular complexity index is 935. The molecule has 1 aromatic heterocycles. The summed E-state index contributed by atoms with van der Waals surface area (Å²) in [6, 6.07) is 13.4. The highest BCUT2D eigenvalue weighted by Crippen LogP contribution is 2.28. The Labute approximate surface area is 165 Å². The Morgan fingerprint density at radius 2 is 2.04 bits per heavy atom. The first-order chi connectivity index (χ1) is 13.1. The van der Waals surface area contributed by atoms with Crippen molar-refractivity contribution in [2.24, 2.45) is 0 Å². The maximum absolute atomic E-state index is 13.3. The lowest BCUT2D eigenvalue weighted by Gasteiger charge is -2.20. The number of aromatic nitrogens is 2. The number of hydrogen-bond acceptors (Lipinski definition) is 5. The van der Waals surface area contributed by atoms with Gasteiger partial charge in [-0.05, 0) is 36.8 Å². The second-order valence-corrected chi connectivity index (χ2v) is 7.01. The molecule has 0 aliphatic heterocycles. The van der Waals surface area contributed by atoms with Gasteiger partial charge in [-0.1, -0.05) is 47.6 Å². The van der Waals surface area contributed by atoms with Gasteiger partial charge in [0, 0.05) is 13.1 Å². The average Bonchev–Trinajstić information content (AvgIpc) is 3.13. The normalized spacial score (nSPS) is 10.8. The van der Waals surface area contributed by atoms with Crippen LogP contribution in [0.25, 0.3) is 11.5 Å². The molecule has 0 bridgehead atoms. The standard InChI is InChI=1S/C19H17ClFN3O2S/c1-2-24(11-13-6-5-7-14(21)10-13)17(25)12-27-19-23-22-18(26-19)15-8-3-4-9-16(15)20/h3-10H,2,11-12H2,1H3. The minimum atomic E-state index is -0.316. The highest BCUT2D eigenvalue weighted by Gasteiger charge is 2.16. The maximum atomic E-state index is 13.3. The van der Waals surface area contributed by atoms with Crippen molar-refractivity contribution in [2.45, 2.75) is 18.7 Å². The zero-order valence-electron chi connectivity index (χ0n) is 14.6. The Balaban J connectivity index is 1.60. The average molecular weight is 406 g/mol. The molecule has 3 rings (SSSR count). The molecular formula is C19H17ClFN3O2S. The molecule has 0 saturated carbocycles. The smallest absolute Gasteiger partial charge is 0.277 e. The second-order valence-electron chi connectivity index (χ2n) is 5.68. The molecule has 3 aromatic rings. The Kier molecular flexibility index (Phi) is 6.47. The molecule has 1 amide bonds. The molecule has 0 radical (unpaired) electrons. The summed E-state index contributed by atoms with van der Waals surface area (Å²) in [6.07, 6.45) is 0. The van der Waals surface area contributed by atoms with Crippen molar-refractivity contribution < 1.29 is 13.6 Å². The zero-order valence-corrected chi connectivity index (χ0v) is 16.1. The molecule has 0 spiro atoms. The largest absolute Gasteiger partial charge is 0.411 e. The molecule has 0 aliphatic rings. The molecule has 5 nitrogen and oxygen atoms in total. The lowest BCUT2D eigenvalue weighted by Crippen LogP contribution is -2.31. The summed E-state index contributed by atoms with van der Waals surface area (Å²) >= 11 is 7.28. The molecule has 8 heteroatoms. The van der Waals surface area contributed by atoms with E-state index in [0.29, 0.717) is 34.8 Å². The number of halogens is 2. The molecule has 0 aliphatic carbocycles. The van der Waals surface area contributed by atoms with Crippen LogP contribution in [-0.4, -0.2) is 33.3 Å². The first kappa shape index (κ1) is 19.4. The number of hydrogen-bond donors (Lipinski definition) is 0. The summed E-state index contributed by atoms with van der Waals surface area (Å²) in [5.41, 5.74) is 1.39. The van der Waals surface area contributed by atoms with Gasteiger partial charge in [0.2, 0.25) is 11.8 Å². The van der Waals surface area contributed by atoms with Crippen LogP contribution in [0.1, 0.15) is 12.5 Å². The molecule has 0 atom stereocenters. The fourth-order valence-corrected chi connectivity index (χ4v) is 3.34. The third-order valence-electron chi connectivity index (χ3n) is 3.83. The monoisotopic (exact) mass is 405 g/mol. The van der Waals surface area contributed by atoms with Gasteiger partial charge in [0.15, 0.2) is 0 Å². The van der Waals surface area contributed by atoms with E-state index in [-0.39, 0.29) is 17.5 Å². The number of nitrogens with zero attached hydrogens (tertiary/aromatic N) is 3. The van der Waals surface area contributed by atoms with Gasteiger partial charge in [-0.15, -0.1) is 10.2 Å². The number of carbonyl (C=O) groups is 1. The highest BCUT2D eigenvalue weighted by atomic mass is 35.5. The molecule has 0 fully saturated rings. The van der Waals surface area contributed by atoms with E-state index in [1.165, 1.54) is 12.1 Å². The summed E-state index contributed by atoms with van der Waals surface area (Å²) < 4.78 is 18.9. The van der Waals surface area contributed by atoms with Crippen molar-refractivity contribution in [3.63, 3.8) is 0 Å². The van der Waals surface area contributed by atoms with E-state index in [4.69, 9.17) is 16.0 Å². The lowest BCUT2D eigenvalue weighted by atomic mass is 10.2. The molecule has 2 aromatic carbocycles. The van der Waals surface area contributed by atoms with Gasteiger partial charge >= 0.3 is 0 Å². The number of rotatable bonds is 7. The Hall–Kier alpha value is -2.38. The van der Waals surface area contributed by atoms with E-state index in [9.17, 15) is 9.18 Å². The first-order valence-electron chi connectivity index (χ1n) is 8.30. The van der Waals surface area contributed by atoms with Crippen molar-refractivity contribution in [1.29, 1.82) is 0 Å². The molecule has 140 valence electrons. The van der Waals surface area contributed by atoms with Crippen LogP contribution in [0.5, 0.6) is 0 Å². The molecular weight excluding hydrogens is 389 g/mol. The van der Waals surface area contributed by atoms with Crippen LogP contribution in [-0.2, 0) is 11.3 Å². The van der Waals surface area contributed by atoms with Crippen LogP contribution in [0.2, 0.25) is 5.02 Å². The van der Waals surface area contributed by atoms with E-state index in [0.717, 1.165) is 17.3 Å². The van der Waals surface area contributed by atoms with Gasteiger partial charge in [-0.3, -0.25) is 4.79 Å². The van der Waals surface area contributed by atoms with E-state index in [1.54, 1.807) is 29.2 Å². The van der Waals surface area contributed by atoms with Crippen LogP contribution in [0.3, 0.4) is 0 Å². The fraction of sp³-hybridized carbons (Fsp3) is 0.211. The summed E-state index contributed by atoms with van der Waals surface area (Å²) in [4.78, 5) is 14.1. The Morgan fingerprint density at radius 3 is 2.78 bits per heavy atom.